The summed E-state index contributed by atoms with van der Waals surface area (Å²) in [7, 11) is 0. The second kappa shape index (κ2) is 6.38. The Labute approximate surface area is 157 Å². The molecule has 3 aromatic heterocycles. The molecule has 0 aliphatic carbocycles. The van der Waals surface area contributed by atoms with Crippen LogP contribution in [0.2, 0.25) is 0 Å². The van der Waals surface area contributed by atoms with Crippen molar-refractivity contribution in [3.8, 4) is 5.69 Å². The number of rotatable bonds is 4. The third-order valence-electron chi connectivity index (χ3n) is 4.39. The van der Waals surface area contributed by atoms with Crippen LogP contribution in [-0.4, -0.2) is 29.5 Å². The molecule has 0 aliphatic heterocycles. The molecule has 7 nitrogen and oxygen atoms in total. The number of aromatic amines is 1. The molecule has 5 aromatic rings. The molecule has 0 bridgehead atoms. The lowest BCUT2D eigenvalue weighted by Gasteiger charge is -2.11. The Morgan fingerprint density at radius 3 is 2.79 bits per heavy atom. The van der Waals surface area contributed by atoms with Crippen molar-refractivity contribution in [2.75, 3.05) is 5.32 Å². The molecule has 2 N–H and O–H groups in total. The van der Waals surface area contributed by atoms with Crippen molar-refractivity contribution in [2.24, 2.45) is 0 Å². The molecule has 0 spiro atoms. The van der Waals surface area contributed by atoms with Gasteiger partial charge in [0.2, 0.25) is 0 Å². The third-order valence-corrected chi connectivity index (χ3v) is 4.39. The highest BCUT2D eigenvalue weighted by Gasteiger charge is 2.15. The first-order valence-electron chi connectivity index (χ1n) is 8.50. The summed E-state index contributed by atoms with van der Waals surface area (Å²) in [5.41, 5.74) is 2.92. The molecular weight excluding hydrogens is 364 g/mol. The van der Waals surface area contributed by atoms with Crippen LogP contribution in [0.5, 0.6) is 0 Å². The fraction of sp³-hybridized carbons (Fsp3) is 0.0526. The van der Waals surface area contributed by atoms with Gasteiger partial charge in [0.05, 0.1) is 29.6 Å². The lowest BCUT2D eigenvalue weighted by atomic mass is 10.2. The monoisotopic (exact) mass is 377 g/mol. The van der Waals surface area contributed by atoms with Crippen molar-refractivity contribution in [3.05, 3.63) is 72.6 Å². The minimum Gasteiger partial charge on any atom is -0.361 e. The number of benzene rings is 2. The molecule has 0 aliphatic rings. The fourth-order valence-corrected chi connectivity index (χ4v) is 3.18. The maximum absolute atomic E-state index is 13.9. The molecule has 0 saturated carbocycles. The van der Waals surface area contributed by atoms with Crippen LogP contribution in [0.25, 0.3) is 27.9 Å². The summed E-state index contributed by atoms with van der Waals surface area (Å²) in [6.07, 6.45) is 2.95. The zero-order valence-electron chi connectivity index (χ0n) is 14.4. The van der Waals surface area contributed by atoms with E-state index in [9.17, 15) is 8.78 Å². The number of H-pyrrole nitrogens is 1. The van der Waals surface area contributed by atoms with Crippen molar-refractivity contribution in [1.82, 2.24) is 29.5 Å². The number of hydrogen-bond donors (Lipinski definition) is 2. The van der Waals surface area contributed by atoms with Gasteiger partial charge in [0.15, 0.2) is 11.5 Å². The molecule has 0 radical (unpaired) electrons. The molecule has 2 aromatic carbocycles. The van der Waals surface area contributed by atoms with Gasteiger partial charge in [-0.2, -0.15) is 0 Å². The second-order valence-corrected chi connectivity index (χ2v) is 6.15. The topological polar surface area (TPSA) is 84.3 Å². The Bertz CT molecular complexity index is 1310. The van der Waals surface area contributed by atoms with Crippen LogP contribution in [0.1, 0.15) is 5.82 Å². The van der Waals surface area contributed by atoms with E-state index >= 15 is 0 Å². The fourth-order valence-electron chi connectivity index (χ4n) is 3.18. The lowest BCUT2D eigenvalue weighted by Crippen LogP contribution is -2.09. The SMILES string of the molecule is Fc1cccc(-n2c(CNc3ncnc4nc[nH]c34)nc3ccc(F)cc32)c1. The number of hydrogen-bond acceptors (Lipinski definition) is 5. The Balaban J connectivity index is 1.60. The largest absolute Gasteiger partial charge is 0.361 e. The molecule has 0 fully saturated rings. The van der Waals surface area contributed by atoms with Crippen molar-refractivity contribution >= 4 is 28.0 Å². The number of aromatic nitrogens is 6. The Kier molecular flexibility index (Phi) is 3.71. The van der Waals surface area contributed by atoms with Crippen molar-refractivity contribution in [2.45, 2.75) is 6.54 Å². The van der Waals surface area contributed by atoms with E-state index in [1.54, 1.807) is 22.8 Å². The van der Waals surface area contributed by atoms with Crippen LogP contribution in [0.4, 0.5) is 14.6 Å². The number of fused-ring (bicyclic) bond motifs is 2. The van der Waals surface area contributed by atoms with Gasteiger partial charge in [0.1, 0.15) is 29.3 Å². The first kappa shape index (κ1) is 16.3. The average Bonchev–Trinajstić information content (AvgIpc) is 3.30. The summed E-state index contributed by atoms with van der Waals surface area (Å²) >= 11 is 0. The molecule has 9 heteroatoms. The van der Waals surface area contributed by atoms with E-state index in [-0.39, 0.29) is 18.2 Å². The third kappa shape index (κ3) is 2.73. The highest BCUT2D eigenvalue weighted by molar-refractivity contribution is 5.82. The maximum atomic E-state index is 13.9. The van der Waals surface area contributed by atoms with Crippen LogP contribution >= 0.6 is 0 Å². The summed E-state index contributed by atoms with van der Waals surface area (Å²) in [4.78, 5) is 20.0. The summed E-state index contributed by atoms with van der Waals surface area (Å²) in [6.45, 7) is 0.276. The van der Waals surface area contributed by atoms with E-state index in [0.29, 0.717) is 39.5 Å². The van der Waals surface area contributed by atoms with Crippen LogP contribution in [-0.2, 0) is 6.54 Å². The van der Waals surface area contributed by atoms with Gasteiger partial charge in [0.25, 0.3) is 0 Å². The molecule has 28 heavy (non-hydrogen) atoms. The van der Waals surface area contributed by atoms with Gasteiger partial charge >= 0.3 is 0 Å². The van der Waals surface area contributed by atoms with Crippen molar-refractivity contribution < 1.29 is 8.78 Å². The lowest BCUT2D eigenvalue weighted by molar-refractivity contribution is 0.626. The van der Waals surface area contributed by atoms with Crippen LogP contribution in [0.3, 0.4) is 0 Å². The molecule has 138 valence electrons. The van der Waals surface area contributed by atoms with Gasteiger partial charge < -0.3 is 10.3 Å². The maximum Gasteiger partial charge on any atom is 0.182 e. The zero-order valence-corrected chi connectivity index (χ0v) is 14.4. The Morgan fingerprint density at radius 2 is 1.89 bits per heavy atom. The van der Waals surface area contributed by atoms with Crippen molar-refractivity contribution in [1.29, 1.82) is 0 Å². The minimum atomic E-state index is -0.389. The first-order valence-corrected chi connectivity index (χ1v) is 8.50. The normalized spacial score (nSPS) is 11.4. The molecule has 3 heterocycles. The summed E-state index contributed by atoms with van der Waals surface area (Å²) in [5, 5.41) is 3.20. The standard InChI is InChI=1S/C19H13F2N7/c20-11-2-1-3-13(6-11)28-15-7-12(21)4-5-14(15)27-16(28)8-22-18-17-19(24-9-23-17)26-10-25-18/h1-7,9-10H,8H2,(H2,22,23,24,25,26). The molecule has 0 amide bonds. The number of imidazole rings is 2. The van der Waals surface area contributed by atoms with Gasteiger partial charge in [-0.25, -0.2) is 28.7 Å². The van der Waals surface area contributed by atoms with E-state index in [0.717, 1.165) is 0 Å². The van der Waals surface area contributed by atoms with Gasteiger partial charge in [-0.05, 0) is 30.3 Å². The van der Waals surface area contributed by atoms with E-state index < -0.39 is 0 Å². The summed E-state index contributed by atoms with van der Waals surface area (Å²) < 4.78 is 29.4. The molecular formula is C19H13F2N7. The number of nitrogens with one attached hydrogen (secondary N) is 2. The Hall–Kier alpha value is -3.88. The molecule has 5 rings (SSSR count). The first-order chi connectivity index (χ1) is 13.7. The summed E-state index contributed by atoms with van der Waals surface area (Å²) in [5.74, 6) is 0.369. The zero-order chi connectivity index (χ0) is 19.1. The van der Waals surface area contributed by atoms with Gasteiger partial charge in [-0.15, -0.1) is 0 Å². The highest BCUT2D eigenvalue weighted by atomic mass is 19.1. The molecule has 0 atom stereocenters. The molecule has 0 saturated heterocycles. The number of nitrogens with zero attached hydrogens (tertiary/aromatic N) is 5. The number of halogens is 2. The van der Waals surface area contributed by atoms with Crippen LogP contribution in [0.15, 0.2) is 55.1 Å². The smallest absolute Gasteiger partial charge is 0.182 e. The van der Waals surface area contributed by atoms with Gasteiger partial charge in [0, 0.05) is 6.07 Å². The van der Waals surface area contributed by atoms with Crippen molar-refractivity contribution in [3.63, 3.8) is 0 Å². The predicted octanol–water partition coefficient (Wildman–Crippen LogP) is 3.58. The van der Waals surface area contributed by atoms with Gasteiger partial charge in [-0.3, -0.25) is 4.57 Å². The van der Waals surface area contributed by atoms with Crippen LogP contribution in [0, 0.1) is 11.6 Å². The van der Waals surface area contributed by atoms with E-state index in [1.807, 2.05) is 0 Å². The molecule has 0 unspecified atom stereocenters. The van der Waals surface area contributed by atoms with Gasteiger partial charge in [-0.1, -0.05) is 6.07 Å². The van der Waals surface area contributed by atoms with E-state index in [2.05, 4.69) is 30.2 Å². The van der Waals surface area contributed by atoms with E-state index in [4.69, 9.17) is 0 Å². The highest BCUT2D eigenvalue weighted by Crippen LogP contribution is 2.24. The number of anilines is 1. The van der Waals surface area contributed by atoms with Crippen LogP contribution < -0.4 is 5.32 Å². The predicted molar refractivity (Wildman–Crippen MR) is 100.0 cm³/mol. The minimum absolute atomic E-state index is 0.276. The van der Waals surface area contributed by atoms with E-state index in [1.165, 1.54) is 36.9 Å². The Morgan fingerprint density at radius 1 is 1.00 bits per heavy atom. The summed E-state index contributed by atoms with van der Waals surface area (Å²) in [6, 6.07) is 10.4. The second-order valence-electron chi connectivity index (χ2n) is 6.15. The average molecular weight is 377 g/mol. The quantitative estimate of drug-likeness (QED) is 0.500.